The lowest BCUT2D eigenvalue weighted by atomic mass is 9.98. The van der Waals surface area contributed by atoms with Gasteiger partial charge in [0.25, 0.3) is 0 Å². The van der Waals surface area contributed by atoms with Crippen LogP contribution >= 0.6 is 0 Å². The van der Waals surface area contributed by atoms with E-state index in [1.54, 1.807) is 7.05 Å². The van der Waals surface area contributed by atoms with Crippen LogP contribution in [0.25, 0.3) is 0 Å². The van der Waals surface area contributed by atoms with E-state index in [-0.39, 0.29) is 11.9 Å². The van der Waals surface area contributed by atoms with Gasteiger partial charge >= 0.3 is 0 Å². The maximum atomic E-state index is 11.6. The first-order valence-corrected chi connectivity index (χ1v) is 6.18. The molecule has 1 aliphatic heterocycles. The first-order chi connectivity index (χ1) is 7.65. The van der Waals surface area contributed by atoms with Crippen LogP contribution in [0.2, 0.25) is 0 Å². The second kappa shape index (κ2) is 6.86. The molecule has 0 aromatic heterocycles. The fraction of sp³-hybridized carbons (Fsp3) is 0.917. The number of hydrogen-bond acceptors (Lipinski definition) is 3. The molecule has 1 rings (SSSR count). The second-order valence-electron chi connectivity index (χ2n) is 4.80. The van der Waals surface area contributed by atoms with Crippen LogP contribution in [0.5, 0.6) is 0 Å². The first-order valence-electron chi connectivity index (χ1n) is 6.18. The van der Waals surface area contributed by atoms with Gasteiger partial charge in [-0.05, 0) is 31.2 Å². The van der Waals surface area contributed by atoms with Gasteiger partial charge in [-0.3, -0.25) is 4.79 Å². The summed E-state index contributed by atoms with van der Waals surface area (Å²) in [7, 11) is 1.69. The highest BCUT2D eigenvalue weighted by molar-refractivity contribution is 5.81. The van der Waals surface area contributed by atoms with Gasteiger partial charge in [-0.15, -0.1) is 0 Å². The van der Waals surface area contributed by atoms with E-state index in [1.165, 1.54) is 0 Å². The number of nitrogens with one attached hydrogen (secondary N) is 2. The minimum Gasteiger partial charge on any atom is -0.381 e. The zero-order valence-electron chi connectivity index (χ0n) is 10.6. The molecule has 0 radical (unpaired) electrons. The van der Waals surface area contributed by atoms with Gasteiger partial charge in [-0.1, -0.05) is 13.8 Å². The third kappa shape index (κ3) is 4.10. The van der Waals surface area contributed by atoms with Crippen LogP contribution in [0.4, 0.5) is 0 Å². The van der Waals surface area contributed by atoms with E-state index in [4.69, 9.17) is 4.74 Å². The monoisotopic (exact) mass is 228 g/mol. The fourth-order valence-corrected chi connectivity index (χ4v) is 2.03. The summed E-state index contributed by atoms with van der Waals surface area (Å²) in [5.41, 5.74) is 0. The molecule has 0 aromatic rings. The summed E-state index contributed by atoms with van der Waals surface area (Å²) in [4.78, 5) is 11.6. The predicted molar refractivity (Wildman–Crippen MR) is 64.2 cm³/mol. The van der Waals surface area contributed by atoms with Crippen molar-refractivity contribution in [2.45, 2.75) is 32.7 Å². The standard InChI is InChI=1S/C12H24N2O2/c1-9(2)11(12(15)13-3)14-8-10-4-6-16-7-5-10/h9-11,14H,4-8H2,1-3H3,(H,13,15). The molecular weight excluding hydrogens is 204 g/mol. The van der Waals surface area contributed by atoms with E-state index in [2.05, 4.69) is 24.5 Å². The molecule has 0 spiro atoms. The van der Waals surface area contributed by atoms with Gasteiger partial charge in [-0.2, -0.15) is 0 Å². The number of carbonyl (C=O) groups excluding carboxylic acids is 1. The highest BCUT2D eigenvalue weighted by atomic mass is 16.5. The molecule has 1 aliphatic rings. The van der Waals surface area contributed by atoms with Crippen LogP contribution in [0.3, 0.4) is 0 Å². The Morgan fingerprint density at radius 1 is 1.38 bits per heavy atom. The molecule has 1 atom stereocenters. The fourth-order valence-electron chi connectivity index (χ4n) is 2.03. The third-order valence-electron chi connectivity index (χ3n) is 3.16. The average molecular weight is 228 g/mol. The second-order valence-corrected chi connectivity index (χ2v) is 4.80. The number of amides is 1. The van der Waals surface area contributed by atoms with Gasteiger partial charge in [0.05, 0.1) is 6.04 Å². The first kappa shape index (κ1) is 13.5. The van der Waals surface area contributed by atoms with Crippen LogP contribution in [0.1, 0.15) is 26.7 Å². The van der Waals surface area contributed by atoms with E-state index < -0.39 is 0 Å². The molecule has 94 valence electrons. The van der Waals surface area contributed by atoms with Gasteiger partial charge in [0.1, 0.15) is 0 Å². The number of ether oxygens (including phenoxy) is 1. The van der Waals surface area contributed by atoms with Crippen molar-refractivity contribution >= 4 is 5.91 Å². The predicted octanol–water partition coefficient (Wildman–Crippen LogP) is 0.773. The minimum absolute atomic E-state index is 0.0761. The molecule has 0 saturated carbocycles. The van der Waals surface area contributed by atoms with Crippen LogP contribution in [-0.2, 0) is 9.53 Å². The number of hydrogen-bond donors (Lipinski definition) is 2. The molecule has 0 aromatic carbocycles. The Labute approximate surface area is 98.1 Å². The van der Waals surface area contributed by atoms with Gasteiger partial charge in [0.2, 0.25) is 5.91 Å². The van der Waals surface area contributed by atoms with E-state index >= 15 is 0 Å². The summed E-state index contributed by atoms with van der Waals surface area (Å²) in [5.74, 6) is 1.06. The lowest BCUT2D eigenvalue weighted by molar-refractivity contribution is -0.123. The molecule has 0 aliphatic carbocycles. The van der Waals surface area contributed by atoms with E-state index in [0.717, 1.165) is 32.6 Å². The molecule has 0 bridgehead atoms. The Bertz CT molecular complexity index is 213. The number of carbonyl (C=O) groups is 1. The lowest BCUT2D eigenvalue weighted by Gasteiger charge is -2.26. The van der Waals surface area contributed by atoms with Crippen molar-refractivity contribution in [2.75, 3.05) is 26.8 Å². The topological polar surface area (TPSA) is 50.4 Å². The van der Waals surface area contributed by atoms with Crippen LogP contribution in [0, 0.1) is 11.8 Å². The van der Waals surface area contributed by atoms with Crippen LogP contribution < -0.4 is 10.6 Å². The number of rotatable bonds is 5. The molecule has 1 saturated heterocycles. The smallest absolute Gasteiger partial charge is 0.237 e. The van der Waals surface area contributed by atoms with Crippen LogP contribution in [-0.4, -0.2) is 38.8 Å². The summed E-state index contributed by atoms with van der Waals surface area (Å²) in [5, 5.41) is 6.08. The Kier molecular flexibility index (Phi) is 5.77. The highest BCUT2D eigenvalue weighted by Gasteiger charge is 2.22. The summed E-state index contributed by atoms with van der Waals surface area (Å²) in [6.45, 7) is 6.77. The van der Waals surface area contributed by atoms with Crippen LogP contribution in [0.15, 0.2) is 0 Å². The summed E-state index contributed by atoms with van der Waals surface area (Å²) in [6, 6.07) is -0.0761. The molecule has 16 heavy (non-hydrogen) atoms. The summed E-state index contributed by atoms with van der Waals surface area (Å²) in [6.07, 6.45) is 2.21. The molecule has 1 heterocycles. The Morgan fingerprint density at radius 2 is 2.00 bits per heavy atom. The molecular formula is C12H24N2O2. The van der Waals surface area contributed by atoms with E-state index in [9.17, 15) is 4.79 Å². The zero-order valence-corrected chi connectivity index (χ0v) is 10.6. The maximum absolute atomic E-state index is 11.6. The van der Waals surface area contributed by atoms with Crippen molar-refractivity contribution < 1.29 is 9.53 Å². The van der Waals surface area contributed by atoms with E-state index in [0.29, 0.717) is 11.8 Å². The molecule has 1 fully saturated rings. The Hall–Kier alpha value is -0.610. The Balaban J connectivity index is 2.34. The summed E-state index contributed by atoms with van der Waals surface area (Å²) >= 11 is 0. The SMILES string of the molecule is CNC(=O)C(NCC1CCOCC1)C(C)C. The quantitative estimate of drug-likeness (QED) is 0.731. The van der Waals surface area contributed by atoms with Gasteiger partial charge in [0, 0.05) is 20.3 Å². The Morgan fingerprint density at radius 3 is 2.50 bits per heavy atom. The van der Waals surface area contributed by atoms with Crippen molar-refractivity contribution in [1.82, 2.24) is 10.6 Å². The maximum Gasteiger partial charge on any atom is 0.237 e. The van der Waals surface area contributed by atoms with Gasteiger partial charge in [-0.25, -0.2) is 0 Å². The largest absolute Gasteiger partial charge is 0.381 e. The van der Waals surface area contributed by atoms with Crippen molar-refractivity contribution in [3.8, 4) is 0 Å². The zero-order chi connectivity index (χ0) is 12.0. The molecule has 2 N–H and O–H groups in total. The van der Waals surface area contributed by atoms with Crippen molar-refractivity contribution in [3.05, 3.63) is 0 Å². The summed E-state index contributed by atoms with van der Waals surface area (Å²) < 4.78 is 5.32. The highest BCUT2D eigenvalue weighted by Crippen LogP contribution is 2.14. The van der Waals surface area contributed by atoms with Crippen molar-refractivity contribution in [3.63, 3.8) is 0 Å². The normalized spacial score (nSPS) is 19.8. The lowest BCUT2D eigenvalue weighted by Crippen LogP contribution is -2.48. The van der Waals surface area contributed by atoms with E-state index in [1.807, 2.05) is 0 Å². The van der Waals surface area contributed by atoms with Crippen molar-refractivity contribution in [2.24, 2.45) is 11.8 Å². The molecule has 1 unspecified atom stereocenters. The minimum atomic E-state index is -0.0761. The number of likely N-dealkylation sites (N-methyl/N-ethyl adjacent to an activating group) is 1. The van der Waals surface area contributed by atoms with Gasteiger partial charge in [0.15, 0.2) is 0 Å². The van der Waals surface area contributed by atoms with Crippen molar-refractivity contribution in [1.29, 1.82) is 0 Å². The molecule has 1 amide bonds. The third-order valence-corrected chi connectivity index (χ3v) is 3.16. The van der Waals surface area contributed by atoms with Gasteiger partial charge < -0.3 is 15.4 Å². The average Bonchev–Trinajstić information content (AvgIpc) is 2.30. The molecule has 4 nitrogen and oxygen atoms in total. The molecule has 4 heteroatoms.